The van der Waals surface area contributed by atoms with Gasteiger partial charge in [0.1, 0.15) is 5.15 Å². The molecule has 0 radical (unpaired) electrons. The van der Waals surface area contributed by atoms with Gasteiger partial charge in [-0.15, -0.1) is 0 Å². The summed E-state index contributed by atoms with van der Waals surface area (Å²) in [6, 6.07) is 22.1. The van der Waals surface area contributed by atoms with Gasteiger partial charge in [-0.05, 0) is 18.2 Å². The minimum absolute atomic E-state index is 0.496. The van der Waals surface area contributed by atoms with Gasteiger partial charge in [-0.2, -0.15) is 0 Å². The van der Waals surface area contributed by atoms with Crippen LogP contribution in [0.4, 0.5) is 0 Å². The molecular weight excluding hydrogens is 280 g/mol. The largest absolute Gasteiger partial charge is 0.247 e. The van der Waals surface area contributed by atoms with E-state index in [9.17, 15) is 0 Å². The summed E-state index contributed by atoms with van der Waals surface area (Å²) >= 11 is 6.28. The molecule has 21 heavy (non-hydrogen) atoms. The topological polar surface area (TPSA) is 25.8 Å². The van der Waals surface area contributed by atoms with E-state index in [-0.39, 0.29) is 0 Å². The number of fused-ring (bicyclic) bond motifs is 3. The molecule has 0 unspecified atom stereocenters. The molecular formula is C18H11ClN2. The maximum Gasteiger partial charge on any atom is 0.139 e. The Hall–Kier alpha value is -2.45. The third kappa shape index (κ3) is 2.05. The van der Waals surface area contributed by atoms with E-state index in [2.05, 4.69) is 17.1 Å². The summed E-state index contributed by atoms with van der Waals surface area (Å²) in [7, 11) is 0. The fourth-order valence-corrected chi connectivity index (χ4v) is 2.78. The molecule has 0 aliphatic heterocycles. The molecule has 0 aliphatic rings. The number of hydrogen-bond acceptors (Lipinski definition) is 2. The van der Waals surface area contributed by atoms with Crippen LogP contribution in [0.25, 0.3) is 33.1 Å². The van der Waals surface area contributed by atoms with Crippen molar-refractivity contribution in [1.29, 1.82) is 0 Å². The second-order valence-corrected chi connectivity index (χ2v) is 5.24. The lowest BCUT2D eigenvalue weighted by Crippen LogP contribution is -1.90. The van der Waals surface area contributed by atoms with Crippen LogP contribution < -0.4 is 0 Å². The number of halogens is 1. The first-order chi connectivity index (χ1) is 10.3. The highest BCUT2D eigenvalue weighted by Crippen LogP contribution is 2.30. The zero-order valence-corrected chi connectivity index (χ0v) is 11.9. The average molecular weight is 291 g/mol. The van der Waals surface area contributed by atoms with Crippen LogP contribution in [0.2, 0.25) is 5.15 Å². The first kappa shape index (κ1) is 12.3. The van der Waals surface area contributed by atoms with Gasteiger partial charge >= 0.3 is 0 Å². The Labute approximate surface area is 127 Å². The molecule has 2 aromatic carbocycles. The first-order valence-electron chi connectivity index (χ1n) is 6.73. The molecule has 0 bridgehead atoms. The van der Waals surface area contributed by atoms with Gasteiger partial charge < -0.3 is 0 Å². The van der Waals surface area contributed by atoms with Gasteiger partial charge in [0.15, 0.2) is 0 Å². The van der Waals surface area contributed by atoms with Crippen LogP contribution in [-0.4, -0.2) is 9.97 Å². The lowest BCUT2D eigenvalue weighted by atomic mass is 10.1. The second kappa shape index (κ2) is 4.83. The van der Waals surface area contributed by atoms with Gasteiger partial charge in [0.2, 0.25) is 0 Å². The van der Waals surface area contributed by atoms with Crippen LogP contribution in [0.1, 0.15) is 0 Å². The van der Waals surface area contributed by atoms with E-state index in [0.717, 1.165) is 33.1 Å². The maximum absolute atomic E-state index is 6.28. The minimum Gasteiger partial charge on any atom is -0.247 e. The summed E-state index contributed by atoms with van der Waals surface area (Å²) in [6.45, 7) is 0. The summed E-state index contributed by atoms with van der Waals surface area (Å²) < 4.78 is 0. The molecule has 0 spiro atoms. The SMILES string of the molecule is Clc1nc2ccccc2c2nc(-c3ccccc3)ccc12. The summed E-state index contributed by atoms with van der Waals surface area (Å²) in [5, 5.41) is 2.40. The van der Waals surface area contributed by atoms with Crippen molar-refractivity contribution in [2.45, 2.75) is 0 Å². The number of benzene rings is 2. The molecule has 2 nitrogen and oxygen atoms in total. The van der Waals surface area contributed by atoms with Gasteiger partial charge in [0.25, 0.3) is 0 Å². The molecule has 0 fully saturated rings. The molecule has 0 aliphatic carbocycles. The number of para-hydroxylation sites is 1. The summed E-state index contributed by atoms with van der Waals surface area (Å²) in [5.41, 5.74) is 3.80. The van der Waals surface area contributed by atoms with Gasteiger partial charge in [0, 0.05) is 16.3 Å². The van der Waals surface area contributed by atoms with Crippen LogP contribution in [-0.2, 0) is 0 Å². The lowest BCUT2D eigenvalue weighted by Gasteiger charge is -2.07. The van der Waals surface area contributed by atoms with Crippen molar-refractivity contribution in [3.8, 4) is 11.3 Å². The molecule has 0 saturated carbocycles. The third-order valence-electron chi connectivity index (χ3n) is 3.56. The molecule has 4 rings (SSSR count). The zero-order valence-electron chi connectivity index (χ0n) is 11.1. The summed E-state index contributed by atoms with van der Waals surface area (Å²) in [4.78, 5) is 9.24. The van der Waals surface area contributed by atoms with E-state index in [0.29, 0.717) is 5.15 Å². The number of pyridine rings is 2. The summed E-state index contributed by atoms with van der Waals surface area (Å²) in [5.74, 6) is 0. The lowest BCUT2D eigenvalue weighted by molar-refractivity contribution is 1.38. The molecule has 0 amide bonds. The fraction of sp³-hybridized carbons (Fsp3) is 0. The van der Waals surface area contributed by atoms with Crippen LogP contribution >= 0.6 is 11.6 Å². The predicted molar refractivity (Wildman–Crippen MR) is 87.5 cm³/mol. The highest BCUT2D eigenvalue weighted by Gasteiger charge is 2.09. The molecule has 0 atom stereocenters. The van der Waals surface area contributed by atoms with E-state index >= 15 is 0 Å². The van der Waals surface area contributed by atoms with Crippen molar-refractivity contribution in [3.05, 3.63) is 71.9 Å². The first-order valence-corrected chi connectivity index (χ1v) is 7.11. The number of hydrogen-bond donors (Lipinski definition) is 0. The Bertz CT molecular complexity index is 949. The van der Waals surface area contributed by atoms with Crippen LogP contribution in [0.15, 0.2) is 66.7 Å². The Morgan fingerprint density at radius 1 is 0.667 bits per heavy atom. The third-order valence-corrected chi connectivity index (χ3v) is 3.85. The minimum atomic E-state index is 0.496. The Kier molecular flexibility index (Phi) is 2.83. The smallest absolute Gasteiger partial charge is 0.139 e. The molecule has 2 heterocycles. The summed E-state index contributed by atoms with van der Waals surface area (Å²) in [6.07, 6.45) is 0. The highest BCUT2D eigenvalue weighted by atomic mass is 35.5. The van der Waals surface area contributed by atoms with Gasteiger partial charge in [0.05, 0.1) is 16.7 Å². The van der Waals surface area contributed by atoms with E-state index in [1.165, 1.54) is 0 Å². The molecule has 0 saturated heterocycles. The Balaban J connectivity index is 2.08. The van der Waals surface area contributed by atoms with E-state index < -0.39 is 0 Å². The zero-order chi connectivity index (χ0) is 14.2. The van der Waals surface area contributed by atoms with E-state index in [1.54, 1.807) is 0 Å². The number of rotatable bonds is 1. The van der Waals surface area contributed by atoms with Crippen molar-refractivity contribution < 1.29 is 0 Å². The van der Waals surface area contributed by atoms with Crippen molar-refractivity contribution in [2.24, 2.45) is 0 Å². The van der Waals surface area contributed by atoms with Crippen LogP contribution in [0, 0.1) is 0 Å². The molecule has 2 aromatic heterocycles. The number of nitrogens with zero attached hydrogens (tertiary/aromatic N) is 2. The predicted octanol–water partition coefficient (Wildman–Crippen LogP) is 5.10. The van der Waals surface area contributed by atoms with E-state index in [4.69, 9.17) is 16.6 Å². The van der Waals surface area contributed by atoms with Crippen molar-refractivity contribution >= 4 is 33.4 Å². The Morgan fingerprint density at radius 3 is 2.29 bits per heavy atom. The quantitative estimate of drug-likeness (QED) is 0.360. The van der Waals surface area contributed by atoms with Crippen molar-refractivity contribution in [2.75, 3.05) is 0 Å². The van der Waals surface area contributed by atoms with Gasteiger partial charge in [-0.3, -0.25) is 0 Å². The fourth-order valence-electron chi connectivity index (χ4n) is 2.54. The van der Waals surface area contributed by atoms with Crippen molar-refractivity contribution in [1.82, 2.24) is 9.97 Å². The average Bonchev–Trinajstić information content (AvgIpc) is 2.55. The second-order valence-electron chi connectivity index (χ2n) is 4.88. The molecule has 100 valence electrons. The monoisotopic (exact) mass is 290 g/mol. The standard InChI is InChI=1S/C18H11ClN2/c19-18-14-10-11-15(12-6-2-1-3-7-12)20-17(14)13-8-4-5-9-16(13)21-18/h1-11H. The highest BCUT2D eigenvalue weighted by molar-refractivity contribution is 6.35. The Morgan fingerprint density at radius 2 is 1.43 bits per heavy atom. The molecule has 3 heteroatoms. The van der Waals surface area contributed by atoms with Gasteiger partial charge in [-0.1, -0.05) is 60.1 Å². The van der Waals surface area contributed by atoms with Crippen LogP contribution in [0.5, 0.6) is 0 Å². The van der Waals surface area contributed by atoms with Gasteiger partial charge in [-0.25, -0.2) is 9.97 Å². The van der Waals surface area contributed by atoms with E-state index in [1.807, 2.05) is 54.6 Å². The maximum atomic E-state index is 6.28. The molecule has 0 N–H and O–H groups in total. The van der Waals surface area contributed by atoms with Crippen LogP contribution in [0.3, 0.4) is 0 Å². The molecule has 4 aromatic rings. The van der Waals surface area contributed by atoms with Crippen molar-refractivity contribution in [3.63, 3.8) is 0 Å². The normalized spacial score (nSPS) is 11.1. The number of aromatic nitrogens is 2.